The maximum absolute atomic E-state index is 12.7. The maximum atomic E-state index is 12.7. The van der Waals surface area contributed by atoms with Crippen molar-refractivity contribution in [2.24, 2.45) is 0 Å². The van der Waals surface area contributed by atoms with E-state index in [1.165, 1.54) is 0 Å². The fourth-order valence-corrected chi connectivity index (χ4v) is 5.04. The molecule has 1 atom stereocenters. The number of piperidine rings is 1. The number of piperazine rings is 1. The molecule has 3 rings (SSSR count). The number of carbonyl (C=O) groups is 1. The minimum atomic E-state index is -3.41. The third-order valence-electron chi connectivity index (χ3n) is 5.05. The number of rotatable bonds is 4. The highest BCUT2D eigenvalue weighted by atomic mass is 35.5. The molecule has 0 aromatic heterocycles. The largest absolute Gasteiger partial charge is 0.337 e. The summed E-state index contributed by atoms with van der Waals surface area (Å²) in [6.07, 6.45) is 3.26. The van der Waals surface area contributed by atoms with Crippen LogP contribution in [0.4, 0.5) is 0 Å². The molecule has 2 heterocycles. The molecule has 146 valence electrons. The van der Waals surface area contributed by atoms with Crippen molar-refractivity contribution in [1.29, 1.82) is 0 Å². The Morgan fingerprint density at radius 3 is 2.38 bits per heavy atom. The Hall–Kier alpha value is -1.15. The molecule has 26 heavy (non-hydrogen) atoms. The molecular formula is C18H28ClN3O3S. The summed E-state index contributed by atoms with van der Waals surface area (Å²) in [6, 6.07) is 6.99. The molecule has 1 amide bonds. The second kappa shape index (κ2) is 9.17. The molecule has 2 saturated heterocycles. The van der Waals surface area contributed by atoms with Crippen LogP contribution in [0.3, 0.4) is 0 Å². The van der Waals surface area contributed by atoms with Crippen LogP contribution >= 0.6 is 12.4 Å². The summed E-state index contributed by atoms with van der Waals surface area (Å²) in [5, 5.41) is 3.27. The predicted molar refractivity (Wildman–Crippen MR) is 104 cm³/mol. The normalized spacial score (nSPS) is 21.9. The van der Waals surface area contributed by atoms with E-state index in [4.69, 9.17) is 0 Å². The third kappa shape index (κ3) is 4.76. The van der Waals surface area contributed by atoms with Crippen molar-refractivity contribution in [3.63, 3.8) is 0 Å². The van der Waals surface area contributed by atoms with Crippen molar-refractivity contribution in [3.05, 3.63) is 29.8 Å². The van der Waals surface area contributed by atoms with Gasteiger partial charge in [-0.15, -0.1) is 12.4 Å². The molecule has 0 spiro atoms. The fourth-order valence-electron chi connectivity index (χ4n) is 3.52. The zero-order valence-corrected chi connectivity index (χ0v) is 16.8. The quantitative estimate of drug-likeness (QED) is 0.832. The van der Waals surface area contributed by atoms with Gasteiger partial charge in [0, 0.05) is 38.8 Å². The monoisotopic (exact) mass is 401 g/mol. The van der Waals surface area contributed by atoms with Crippen molar-refractivity contribution in [2.45, 2.75) is 43.5 Å². The molecule has 8 heteroatoms. The summed E-state index contributed by atoms with van der Waals surface area (Å²) in [7, 11) is -3.41. The van der Waals surface area contributed by atoms with Crippen LogP contribution in [0.25, 0.3) is 0 Å². The first-order valence-electron chi connectivity index (χ1n) is 9.08. The Bertz CT molecular complexity index is 703. The van der Waals surface area contributed by atoms with E-state index in [1.807, 2.05) is 11.8 Å². The number of nitrogens with one attached hydrogen (secondary N) is 1. The van der Waals surface area contributed by atoms with E-state index in [0.29, 0.717) is 24.4 Å². The van der Waals surface area contributed by atoms with Gasteiger partial charge in [0.2, 0.25) is 15.9 Å². The van der Waals surface area contributed by atoms with E-state index in [9.17, 15) is 13.2 Å². The molecule has 1 aromatic rings. The first-order chi connectivity index (χ1) is 12.0. The Morgan fingerprint density at radius 1 is 1.12 bits per heavy atom. The van der Waals surface area contributed by atoms with E-state index >= 15 is 0 Å². The standard InChI is InChI=1S/C18H27N3O3S.ClH/c1-15-14-19-9-12-21(15)18(22)13-16-5-7-17(8-6-16)25(23,24)20-10-3-2-4-11-20;/h5-8,15,19H,2-4,9-14H2,1H3;1H/t15-;/m1./s1. The van der Waals surface area contributed by atoms with Gasteiger partial charge in [0.25, 0.3) is 0 Å². The summed E-state index contributed by atoms with van der Waals surface area (Å²) in [5.41, 5.74) is 0.855. The highest BCUT2D eigenvalue weighted by molar-refractivity contribution is 7.89. The van der Waals surface area contributed by atoms with Gasteiger partial charge in [-0.2, -0.15) is 4.31 Å². The average Bonchev–Trinajstić information content (AvgIpc) is 2.63. The lowest BCUT2D eigenvalue weighted by atomic mass is 10.1. The first kappa shape index (κ1) is 21.2. The van der Waals surface area contributed by atoms with Crippen molar-refractivity contribution in [2.75, 3.05) is 32.7 Å². The number of benzene rings is 1. The molecule has 0 unspecified atom stereocenters. The number of sulfonamides is 1. The van der Waals surface area contributed by atoms with E-state index in [-0.39, 0.29) is 24.4 Å². The molecule has 1 aromatic carbocycles. The number of nitrogens with zero attached hydrogens (tertiary/aromatic N) is 2. The highest BCUT2D eigenvalue weighted by Crippen LogP contribution is 2.21. The SMILES string of the molecule is C[C@@H]1CNCCN1C(=O)Cc1ccc(S(=O)(=O)N2CCCCC2)cc1.Cl. The van der Waals surface area contributed by atoms with Gasteiger partial charge in [0.05, 0.1) is 11.3 Å². The molecular weight excluding hydrogens is 374 g/mol. The van der Waals surface area contributed by atoms with Crippen LogP contribution in [0.5, 0.6) is 0 Å². The lowest BCUT2D eigenvalue weighted by Crippen LogP contribution is -2.52. The minimum Gasteiger partial charge on any atom is -0.337 e. The molecule has 0 aliphatic carbocycles. The van der Waals surface area contributed by atoms with E-state index in [0.717, 1.165) is 44.5 Å². The van der Waals surface area contributed by atoms with Gasteiger partial charge in [-0.3, -0.25) is 4.79 Å². The summed E-state index contributed by atoms with van der Waals surface area (Å²) in [6.45, 7) is 5.61. The maximum Gasteiger partial charge on any atom is 0.243 e. The van der Waals surface area contributed by atoms with Crippen molar-refractivity contribution in [3.8, 4) is 0 Å². The number of halogens is 1. The molecule has 0 saturated carbocycles. The number of hydrogen-bond donors (Lipinski definition) is 1. The molecule has 2 aliphatic heterocycles. The molecule has 0 bridgehead atoms. The average molecular weight is 402 g/mol. The lowest BCUT2D eigenvalue weighted by Gasteiger charge is -2.34. The van der Waals surface area contributed by atoms with Crippen LogP contribution in [0.1, 0.15) is 31.7 Å². The lowest BCUT2D eigenvalue weighted by molar-refractivity contribution is -0.133. The zero-order chi connectivity index (χ0) is 17.9. The van der Waals surface area contributed by atoms with Crippen LogP contribution in [0.15, 0.2) is 29.2 Å². The second-order valence-electron chi connectivity index (χ2n) is 6.93. The van der Waals surface area contributed by atoms with Crippen molar-refractivity contribution in [1.82, 2.24) is 14.5 Å². The van der Waals surface area contributed by atoms with Crippen LogP contribution in [-0.4, -0.2) is 62.3 Å². The van der Waals surface area contributed by atoms with Crippen LogP contribution in [0.2, 0.25) is 0 Å². The van der Waals surface area contributed by atoms with Crippen molar-refractivity contribution >= 4 is 28.3 Å². The predicted octanol–water partition coefficient (Wildman–Crippen LogP) is 1.65. The van der Waals surface area contributed by atoms with Crippen LogP contribution in [0, 0.1) is 0 Å². The van der Waals surface area contributed by atoms with Gasteiger partial charge in [-0.25, -0.2) is 8.42 Å². The summed E-state index contributed by atoms with van der Waals surface area (Å²) >= 11 is 0. The van der Waals surface area contributed by atoms with E-state index in [2.05, 4.69) is 5.32 Å². The van der Waals surface area contributed by atoms with Gasteiger partial charge in [-0.05, 0) is 37.5 Å². The first-order valence-corrected chi connectivity index (χ1v) is 10.5. The Balaban J connectivity index is 0.00000243. The Kier molecular flexibility index (Phi) is 7.46. The molecule has 2 aliphatic rings. The van der Waals surface area contributed by atoms with Gasteiger partial charge in [-0.1, -0.05) is 18.6 Å². The zero-order valence-electron chi connectivity index (χ0n) is 15.2. The van der Waals surface area contributed by atoms with Crippen LogP contribution in [-0.2, 0) is 21.2 Å². The molecule has 1 N–H and O–H groups in total. The second-order valence-corrected chi connectivity index (χ2v) is 8.86. The third-order valence-corrected chi connectivity index (χ3v) is 6.97. The number of carbonyl (C=O) groups excluding carboxylic acids is 1. The van der Waals surface area contributed by atoms with Gasteiger partial charge < -0.3 is 10.2 Å². The number of hydrogen-bond acceptors (Lipinski definition) is 4. The molecule has 6 nitrogen and oxygen atoms in total. The Morgan fingerprint density at radius 2 is 1.77 bits per heavy atom. The topological polar surface area (TPSA) is 69.7 Å². The van der Waals surface area contributed by atoms with E-state index in [1.54, 1.807) is 28.6 Å². The smallest absolute Gasteiger partial charge is 0.243 e. The fraction of sp³-hybridized carbons (Fsp3) is 0.611. The minimum absolute atomic E-state index is 0. The van der Waals surface area contributed by atoms with E-state index < -0.39 is 10.0 Å². The van der Waals surface area contributed by atoms with Crippen LogP contribution < -0.4 is 5.32 Å². The summed E-state index contributed by atoms with van der Waals surface area (Å²) in [5.74, 6) is 0.0978. The molecule has 2 fully saturated rings. The summed E-state index contributed by atoms with van der Waals surface area (Å²) in [4.78, 5) is 14.7. The van der Waals surface area contributed by atoms with Crippen molar-refractivity contribution < 1.29 is 13.2 Å². The Labute approximate surface area is 162 Å². The van der Waals surface area contributed by atoms with Gasteiger partial charge >= 0.3 is 0 Å². The number of amides is 1. The highest BCUT2D eigenvalue weighted by Gasteiger charge is 2.26. The summed E-state index contributed by atoms with van der Waals surface area (Å²) < 4.78 is 26.9. The molecule has 0 radical (unpaired) electrons. The van der Waals surface area contributed by atoms with Gasteiger partial charge in [0.1, 0.15) is 0 Å². The van der Waals surface area contributed by atoms with Gasteiger partial charge in [0.15, 0.2) is 0 Å².